The number of hydrogen-bond acceptors (Lipinski definition) is 7. The van der Waals surface area contributed by atoms with Crippen LogP contribution in [0, 0.1) is 11.8 Å². The number of aliphatic hydroxyl groups is 1. The van der Waals surface area contributed by atoms with Crippen LogP contribution in [0.4, 0.5) is 0 Å². The average Bonchev–Trinajstić information content (AvgIpc) is 3.74. The molecule has 2 bridgehead atoms. The molecular weight excluding hydrogens is 644 g/mol. The van der Waals surface area contributed by atoms with Gasteiger partial charge < -0.3 is 19.8 Å². The number of β-amino-alcohol motifs (C(OH)–C–C–N with tert-alkyl or cyclic N) is 1. The van der Waals surface area contributed by atoms with Crippen molar-refractivity contribution in [3.8, 4) is 0 Å². The highest BCUT2D eigenvalue weighted by Crippen LogP contribution is 2.68. The first-order valence-electron chi connectivity index (χ1n) is 14.7. The van der Waals surface area contributed by atoms with Crippen molar-refractivity contribution < 1.29 is 19.5 Å². The van der Waals surface area contributed by atoms with Gasteiger partial charge in [-0.3, -0.25) is 14.4 Å². The van der Waals surface area contributed by atoms with E-state index in [2.05, 4.69) is 39.4 Å². The van der Waals surface area contributed by atoms with Gasteiger partial charge in [-0.1, -0.05) is 75.8 Å². The maximum absolute atomic E-state index is 14.6. The second-order valence-electron chi connectivity index (χ2n) is 11.5. The Bertz CT molecular complexity index is 1580. The topological polar surface area (TPSA) is 112 Å². The van der Waals surface area contributed by atoms with E-state index in [-0.39, 0.29) is 54.2 Å². The second-order valence-corrected chi connectivity index (χ2v) is 14.2. The molecule has 2 aromatic carbocycles. The second kappa shape index (κ2) is 12.5. The molecular formula is C32H35BrN6O4S. The summed E-state index contributed by atoms with van der Waals surface area (Å²) in [4.78, 5) is 48.1. The zero-order valence-electron chi connectivity index (χ0n) is 24.2. The van der Waals surface area contributed by atoms with Crippen LogP contribution in [0.3, 0.4) is 0 Å². The van der Waals surface area contributed by atoms with Crippen LogP contribution in [0.25, 0.3) is 11.0 Å². The predicted molar refractivity (Wildman–Crippen MR) is 173 cm³/mol. The molecule has 3 aliphatic rings. The molecule has 0 aliphatic carbocycles. The van der Waals surface area contributed by atoms with Crippen molar-refractivity contribution in [1.29, 1.82) is 0 Å². The highest BCUT2D eigenvalue weighted by atomic mass is 79.9. The van der Waals surface area contributed by atoms with Crippen LogP contribution < -0.4 is 0 Å². The summed E-state index contributed by atoms with van der Waals surface area (Å²) in [5, 5.41) is 18.4. The van der Waals surface area contributed by atoms with E-state index in [4.69, 9.17) is 0 Å². The van der Waals surface area contributed by atoms with Crippen molar-refractivity contribution in [2.24, 2.45) is 11.8 Å². The molecule has 3 amide bonds. The van der Waals surface area contributed by atoms with E-state index in [1.807, 2.05) is 54.6 Å². The third-order valence-corrected chi connectivity index (χ3v) is 12.1. The Morgan fingerprint density at radius 1 is 1.07 bits per heavy atom. The monoisotopic (exact) mass is 678 g/mol. The minimum atomic E-state index is -0.864. The lowest BCUT2D eigenvalue weighted by atomic mass is 9.70. The zero-order valence-corrected chi connectivity index (χ0v) is 26.6. The molecule has 3 unspecified atom stereocenters. The summed E-state index contributed by atoms with van der Waals surface area (Å²) >= 11 is 5.41. The lowest BCUT2D eigenvalue weighted by molar-refractivity contribution is -0.145. The molecule has 1 spiro atoms. The Balaban J connectivity index is 1.35. The number of fused-ring (bicyclic) bond motifs is 2. The maximum Gasteiger partial charge on any atom is 0.248 e. The number of likely N-dealkylation sites (tertiary alicyclic amines) is 1. The number of rotatable bonds is 12. The van der Waals surface area contributed by atoms with Gasteiger partial charge in [-0.05, 0) is 24.1 Å². The molecule has 0 radical (unpaired) electrons. The molecule has 3 aliphatic heterocycles. The number of para-hydroxylation sites is 1. The van der Waals surface area contributed by atoms with E-state index in [1.54, 1.807) is 38.4 Å². The van der Waals surface area contributed by atoms with E-state index in [0.29, 0.717) is 25.0 Å². The Morgan fingerprint density at radius 3 is 2.50 bits per heavy atom. The van der Waals surface area contributed by atoms with Gasteiger partial charge >= 0.3 is 0 Å². The zero-order chi connectivity index (χ0) is 31.0. The number of benzene rings is 2. The molecule has 4 heterocycles. The van der Waals surface area contributed by atoms with Gasteiger partial charge in [-0.25, -0.2) is 4.68 Å². The molecule has 12 heteroatoms. The number of thioether (sulfide) groups is 1. The molecule has 3 saturated heterocycles. The summed E-state index contributed by atoms with van der Waals surface area (Å²) in [7, 11) is 0. The maximum atomic E-state index is 14.6. The summed E-state index contributed by atoms with van der Waals surface area (Å²) in [5.74, 6) is -1.96. The quantitative estimate of drug-likeness (QED) is 0.232. The fraction of sp³-hybridized carbons (Fsp3) is 0.406. The van der Waals surface area contributed by atoms with Gasteiger partial charge in [-0.2, -0.15) is 0 Å². The molecule has 3 fully saturated rings. The van der Waals surface area contributed by atoms with E-state index in [1.165, 1.54) is 4.90 Å². The number of amides is 3. The smallest absolute Gasteiger partial charge is 0.248 e. The Morgan fingerprint density at radius 2 is 1.77 bits per heavy atom. The fourth-order valence-electron chi connectivity index (χ4n) is 7.17. The van der Waals surface area contributed by atoms with Gasteiger partial charge in [0.05, 0.1) is 28.7 Å². The van der Waals surface area contributed by atoms with Gasteiger partial charge in [-0.15, -0.1) is 30.0 Å². The van der Waals surface area contributed by atoms with E-state index in [0.717, 1.165) is 11.1 Å². The highest BCUT2D eigenvalue weighted by molar-refractivity contribution is 9.09. The van der Waals surface area contributed by atoms with Gasteiger partial charge in [0.25, 0.3) is 0 Å². The van der Waals surface area contributed by atoms with Gasteiger partial charge in [0, 0.05) is 36.3 Å². The molecule has 6 atom stereocenters. The van der Waals surface area contributed by atoms with Crippen LogP contribution in [0.2, 0.25) is 0 Å². The Hall–Kier alpha value is -3.48. The number of hydrogen-bond donors (Lipinski definition) is 1. The van der Waals surface area contributed by atoms with Crippen LogP contribution in [0.15, 0.2) is 79.9 Å². The molecule has 3 aromatic rings. The number of aliphatic hydroxyl groups excluding tert-OH is 1. The molecule has 0 saturated carbocycles. The van der Waals surface area contributed by atoms with E-state index >= 15 is 0 Å². The number of carbonyl (C=O) groups excluding carboxylic acids is 3. The predicted octanol–water partition coefficient (Wildman–Crippen LogP) is 3.08. The van der Waals surface area contributed by atoms with Crippen molar-refractivity contribution in [2.45, 2.75) is 40.5 Å². The number of halogens is 1. The normalized spacial score (nSPS) is 27.0. The fourth-order valence-corrected chi connectivity index (χ4v) is 10.8. The number of nitrogens with zero attached hydrogens (tertiary/aromatic N) is 6. The largest absolute Gasteiger partial charge is 0.395 e. The summed E-state index contributed by atoms with van der Waals surface area (Å²) < 4.78 is 0.827. The van der Waals surface area contributed by atoms with Crippen LogP contribution >= 0.6 is 27.7 Å². The van der Waals surface area contributed by atoms with Crippen molar-refractivity contribution in [2.75, 3.05) is 26.2 Å². The number of alkyl halides is 1. The summed E-state index contributed by atoms with van der Waals surface area (Å²) in [6.07, 6.45) is 3.90. The van der Waals surface area contributed by atoms with Crippen molar-refractivity contribution in [3.63, 3.8) is 0 Å². The van der Waals surface area contributed by atoms with Crippen LogP contribution in [-0.2, 0) is 27.6 Å². The summed E-state index contributed by atoms with van der Waals surface area (Å²) in [5.41, 5.74) is 2.48. The van der Waals surface area contributed by atoms with Crippen LogP contribution in [-0.4, -0.2) is 99.6 Å². The first kappa shape index (κ1) is 30.5. The molecule has 1 N–H and O–H groups in total. The van der Waals surface area contributed by atoms with Gasteiger partial charge in [0.1, 0.15) is 18.2 Å². The molecule has 1 aromatic heterocycles. The summed E-state index contributed by atoms with van der Waals surface area (Å²) in [6, 6.07) is 16.4. The van der Waals surface area contributed by atoms with E-state index in [9.17, 15) is 19.5 Å². The third kappa shape index (κ3) is 5.06. The van der Waals surface area contributed by atoms with Crippen LogP contribution in [0.5, 0.6) is 0 Å². The van der Waals surface area contributed by atoms with Crippen LogP contribution in [0.1, 0.15) is 12.0 Å². The number of carbonyl (C=O) groups is 3. The summed E-state index contributed by atoms with van der Waals surface area (Å²) in [6.45, 7) is 8.51. The SMILES string of the molecule is C=CCN(Cn1nnc2ccccc21)C(=O)C1N(CCO)C(=O)[C@@H]2[C@@H](C(=O)N(CC=C)Cc3ccccc3)[C@@H]3SC12CC3Br. The standard InChI is InChI=1S/C32H35BrN6O4S/c1-3-14-36(19-21-10-6-5-7-11-21)29(41)25-26-30(42)38(16-17-40)28(32(26)18-22(33)27(25)44-32)31(43)37(15-4-2)20-39-24-13-9-8-12-23(24)34-35-39/h3-13,22,25-28,40H,1-2,14-20H2/t22?,25-,26+,27-,28?,32?/m1/s1. The molecule has 230 valence electrons. The number of aromatic nitrogens is 3. The molecule has 44 heavy (non-hydrogen) atoms. The lowest BCUT2D eigenvalue weighted by Gasteiger charge is -2.38. The Labute approximate surface area is 268 Å². The molecule has 6 rings (SSSR count). The minimum Gasteiger partial charge on any atom is -0.395 e. The van der Waals surface area contributed by atoms with Gasteiger partial charge in [0.15, 0.2) is 0 Å². The highest BCUT2D eigenvalue weighted by Gasteiger charge is 2.76. The Kier molecular flexibility index (Phi) is 8.67. The molecule has 10 nitrogen and oxygen atoms in total. The first-order valence-corrected chi connectivity index (χ1v) is 16.5. The minimum absolute atomic E-state index is 0.00114. The van der Waals surface area contributed by atoms with Crippen molar-refractivity contribution in [3.05, 3.63) is 85.5 Å². The van der Waals surface area contributed by atoms with Gasteiger partial charge in [0.2, 0.25) is 17.7 Å². The van der Waals surface area contributed by atoms with Crippen molar-refractivity contribution in [1.82, 2.24) is 29.7 Å². The lowest BCUT2D eigenvalue weighted by Crippen LogP contribution is -2.56. The third-order valence-electron chi connectivity index (χ3n) is 8.91. The first-order chi connectivity index (χ1) is 21.3. The van der Waals surface area contributed by atoms with E-state index < -0.39 is 22.6 Å². The average molecular weight is 680 g/mol. The van der Waals surface area contributed by atoms with Crippen molar-refractivity contribution >= 4 is 56.4 Å².